The fourth-order valence-electron chi connectivity index (χ4n) is 5.30. The summed E-state index contributed by atoms with van der Waals surface area (Å²) in [4.78, 5) is 33.0. The van der Waals surface area contributed by atoms with Crippen LogP contribution in [0.2, 0.25) is 0 Å². The van der Waals surface area contributed by atoms with Crippen LogP contribution in [0.4, 0.5) is 22.1 Å². The predicted octanol–water partition coefficient (Wildman–Crippen LogP) is 4.74. The second-order valence-corrected chi connectivity index (χ2v) is 10.2. The molecule has 10 heteroatoms. The van der Waals surface area contributed by atoms with E-state index in [1.165, 1.54) is 27.9 Å². The van der Waals surface area contributed by atoms with Crippen LogP contribution in [0.1, 0.15) is 23.6 Å². The van der Waals surface area contributed by atoms with E-state index in [0.717, 1.165) is 39.9 Å². The summed E-state index contributed by atoms with van der Waals surface area (Å²) < 4.78 is 2.03. The molecule has 4 heterocycles. The number of piperazine rings is 1. The molecule has 0 spiro atoms. The lowest BCUT2D eigenvalue weighted by Gasteiger charge is -2.39. The molecular formula is C29H30N8O2. The molecule has 0 unspecified atom stereocenters. The first-order valence-electron chi connectivity index (χ1n) is 13.0. The summed E-state index contributed by atoms with van der Waals surface area (Å²) in [6, 6.07) is 14.8. The number of nitrogens with one attached hydrogen (secondary N) is 1. The van der Waals surface area contributed by atoms with E-state index in [1.807, 2.05) is 30.9 Å². The summed E-state index contributed by atoms with van der Waals surface area (Å²) in [5, 5.41) is 13.7. The normalized spacial score (nSPS) is 15.7. The van der Waals surface area contributed by atoms with Gasteiger partial charge in [0.2, 0.25) is 0 Å². The Balaban J connectivity index is 1.23. The zero-order valence-electron chi connectivity index (χ0n) is 22.2. The number of pyridine rings is 1. The van der Waals surface area contributed by atoms with Gasteiger partial charge >= 0.3 is 6.09 Å². The zero-order valence-corrected chi connectivity index (χ0v) is 22.2. The Morgan fingerprint density at radius 1 is 1.05 bits per heavy atom. The minimum absolute atomic E-state index is 0.00872. The van der Waals surface area contributed by atoms with Gasteiger partial charge in [0.1, 0.15) is 18.0 Å². The van der Waals surface area contributed by atoms with Crippen molar-refractivity contribution in [1.82, 2.24) is 29.4 Å². The van der Waals surface area contributed by atoms with Gasteiger partial charge < -0.3 is 24.8 Å². The number of hydrogen-bond acceptors (Lipinski definition) is 7. The van der Waals surface area contributed by atoms with Crippen LogP contribution in [-0.4, -0.2) is 66.3 Å². The van der Waals surface area contributed by atoms with Crippen molar-refractivity contribution in [1.29, 1.82) is 0 Å². The minimum atomic E-state index is -0.886. The molecule has 2 N–H and O–H groups in total. The van der Waals surface area contributed by atoms with Gasteiger partial charge in [0.25, 0.3) is 0 Å². The number of nitrogens with zero attached hydrogens (tertiary/aromatic N) is 7. The van der Waals surface area contributed by atoms with Crippen molar-refractivity contribution in [2.45, 2.75) is 26.3 Å². The quantitative estimate of drug-likeness (QED) is 0.340. The number of benzene rings is 2. The second-order valence-electron chi connectivity index (χ2n) is 10.2. The average molecular weight is 523 g/mol. The molecule has 39 heavy (non-hydrogen) atoms. The van der Waals surface area contributed by atoms with E-state index in [1.54, 1.807) is 6.20 Å². The van der Waals surface area contributed by atoms with E-state index in [0.29, 0.717) is 25.5 Å². The van der Waals surface area contributed by atoms with Crippen LogP contribution >= 0.6 is 0 Å². The number of aromatic nitrogens is 5. The SMILES string of the molecule is Cc1cc(Nc2ncnc3cnc(N4CCN(C(=O)O)C[C@@H]4C)cc23)ccc1Cc1ccc2c(c1)ncn2C. The van der Waals surface area contributed by atoms with Crippen LogP contribution in [0, 0.1) is 6.92 Å². The molecule has 5 aromatic rings. The van der Waals surface area contributed by atoms with E-state index in [-0.39, 0.29) is 6.04 Å². The minimum Gasteiger partial charge on any atom is -0.465 e. The Bertz CT molecular complexity index is 1700. The molecular weight excluding hydrogens is 492 g/mol. The third-order valence-corrected chi connectivity index (χ3v) is 7.49. The summed E-state index contributed by atoms with van der Waals surface area (Å²) in [6.45, 7) is 5.60. The summed E-state index contributed by atoms with van der Waals surface area (Å²) in [5.74, 6) is 1.49. The highest BCUT2D eigenvalue weighted by Crippen LogP contribution is 2.29. The van der Waals surface area contributed by atoms with Crippen molar-refractivity contribution in [3.05, 3.63) is 78.0 Å². The maximum atomic E-state index is 11.4. The Morgan fingerprint density at radius 3 is 2.72 bits per heavy atom. The van der Waals surface area contributed by atoms with Crippen LogP contribution < -0.4 is 10.2 Å². The van der Waals surface area contributed by atoms with Crippen molar-refractivity contribution >= 4 is 45.4 Å². The second kappa shape index (κ2) is 9.86. The highest BCUT2D eigenvalue weighted by Gasteiger charge is 2.27. The lowest BCUT2D eigenvalue weighted by molar-refractivity contribution is 0.136. The van der Waals surface area contributed by atoms with Crippen LogP contribution in [0.5, 0.6) is 0 Å². The number of rotatable bonds is 5. The highest BCUT2D eigenvalue weighted by atomic mass is 16.4. The van der Waals surface area contributed by atoms with Gasteiger partial charge in [0.15, 0.2) is 0 Å². The molecule has 2 aromatic carbocycles. The summed E-state index contributed by atoms with van der Waals surface area (Å²) in [6.07, 6.45) is 5.08. The van der Waals surface area contributed by atoms with Crippen LogP contribution in [0.15, 0.2) is 61.3 Å². The maximum Gasteiger partial charge on any atom is 0.407 e. The van der Waals surface area contributed by atoms with Crippen molar-refractivity contribution in [3.8, 4) is 0 Å². The van der Waals surface area contributed by atoms with E-state index in [4.69, 9.17) is 0 Å². The Labute approximate surface area is 226 Å². The average Bonchev–Trinajstić information content (AvgIpc) is 3.30. The van der Waals surface area contributed by atoms with Crippen molar-refractivity contribution in [2.24, 2.45) is 7.05 Å². The van der Waals surface area contributed by atoms with Crippen LogP contribution in [-0.2, 0) is 13.5 Å². The number of fused-ring (bicyclic) bond motifs is 2. The molecule has 1 saturated heterocycles. The number of aryl methyl sites for hydroxylation is 2. The monoisotopic (exact) mass is 522 g/mol. The first-order chi connectivity index (χ1) is 18.9. The van der Waals surface area contributed by atoms with E-state index >= 15 is 0 Å². The number of anilines is 3. The summed E-state index contributed by atoms with van der Waals surface area (Å²) in [7, 11) is 2.01. The van der Waals surface area contributed by atoms with Crippen molar-refractivity contribution in [2.75, 3.05) is 29.9 Å². The highest BCUT2D eigenvalue weighted by molar-refractivity contribution is 5.92. The van der Waals surface area contributed by atoms with Gasteiger partial charge in [-0.3, -0.25) is 0 Å². The smallest absolute Gasteiger partial charge is 0.407 e. The number of hydrogen-bond donors (Lipinski definition) is 2. The molecule has 10 nitrogen and oxygen atoms in total. The number of carbonyl (C=O) groups is 1. The maximum absolute atomic E-state index is 11.4. The molecule has 0 saturated carbocycles. The van der Waals surface area contributed by atoms with Gasteiger partial charge in [-0.1, -0.05) is 12.1 Å². The fourth-order valence-corrected chi connectivity index (χ4v) is 5.30. The van der Waals surface area contributed by atoms with Gasteiger partial charge in [-0.2, -0.15) is 0 Å². The van der Waals surface area contributed by atoms with Gasteiger partial charge in [-0.25, -0.2) is 24.7 Å². The molecule has 1 atom stereocenters. The molecule has 1 aliphatic rings. The molecule has 198 valence electrons. The lowest BCUT2D eigenvalue weighted by atomic mass is 9.99. The van der Waals surface area contributed by atoms with Crippen LogP contribution in [0.25, 0.3) is 21.9 Å². The van der Waals surface area contributed by atoms with E-state index < -0.39 is 6.09 Å². The molecule has 0 aliphatic carbocycles. The lowest BCUT2D eigenvalue weighted by Crippen LogP contribution is -2.53. The topological polar surface area (TPSA) is 112 Å². The first-order valence-corrected chi connectivity index (χ1v) is 13.0. The molecule has 0 radical (unpaired) electrons. The first kappa shape index (κ1) is 24.6. The van der Waals surface area contributed by atoms with Crippen molar-refractivity contribution < 1.29 is 9.90 Å². The zero-order chi connectivity index (χ0) is 27.1. The predicted molar refractivity (Wildman–Crippen MR) is 152 cm³/mol. The Morgan fingerprint density at radius 2 is 1.92 bits per heavy atom. The number of amides is 1. The van der Waals surface area contributed by atoms with E-state index in [9.17, 15) is 9.90 Å². The van der Waals surface area contributed by atoms with Crippen LogP contribution in [0.3, 0.4) is 0 Å². The molecule has 6 rings (SSSR count). The number of carboxylic acid groups (broad SMARTS) is 1. The molecule has 1 amide bonds. The number of imidazole rings is 1. The van der Waals surface area contributed by atoms with Gasteiger partial charge in [0.05, 0.1) is 29.1 Å². The third kappa shape index (κ3) is 4.81. The fraction of sp³-hybridized carbons (Fsp3) is 0.276. The van der Waals surface area contributed by atoms with E-state index in [2.05, 4.69) is 73.5 Å². The van der Waals surface area contributed by atoms with Gasteiger partial charge in [0, 0.05) is 43.8 Å². The van der Waals surface area contributed by atoms with Crippen molar-refractivity contribution in [3.63, 3.8) is 0 Å². The Kier molecular flexibility index (Phi) is 6.22. The summed E-state index contributed by atoms with van der Waals surface area (Å²) in [5.41, 5.74) is 7.49. The third-order valence-electron chi connectivity index (χ3n) is 7.49. The molecule has 1 aliphatic heterocycles. The van der Waals surface area contributed by atoms with Gasteiger partial charge in [-0.05, 0) is 67.3 Å². The largest absolute Gasteiger partial charge is 0.465 e. The molecule has 0 bridgehead atoms. The molecule has 3 aromatic heterocycles. The standard InChI is InChI=1S/C29H30N8O2/c1-18-10-22(6-5-21(18)11-20-4-7-26-24(12-20)33-17-35(26)3)34-28-23-13-27(30-14-25(23)31-16-32-28)37-9-8-36(29(38)39)15-19(37)2/h4-7,10,12-14,16-17,19H,8-9,11,15H2,1-3H3,(H,38,39)(H,31,32,34)/t19-/m0/s1. The summed E-state index contributed by atoms with van der Waals surface area (Å²) >= 11 is 0. The Hall–Kier alpha value is -4.73. The van der Waals surface area contributed by atoms with Gasteiger partial charge in [-0.15, -0.1) is 0 Å². The molecule has 1 fully saturated rings.